The molecule has 1 aromatic rings. The van der Waals surface area contributed by atoms with Gasteiger partial charge in [-0.05, 0) is 64.4 Å². The van der Waals surface area contributed by atoms with Crippen molar-refractivity contribution in [3.63, 3.8) is 0 Å². The summed E-state index contributed by atoms with van der Waals surface area (Å²) in [7, 11) is 0. The summed E-state index contributed by atoms with van der Waals surface area (Å²) in [5.41, 5.74) is 1.10. The number of benzene rings is 1. The molecule has 1 aliphatic carbocycles. The molecule has 0 radical (unpaired) electrons. The van der Waals surface area contributed by atoms with E-state index in [4.69, 9.17) is 9.47 Å². The standard InChI is InChI=1S/C26H39N3O4/c1-24(2,3)33-23(31)27-12-10-26(11-13-27)19-25(4,20-26)29-16-14-28(15-17-29)22(30)32-18-21-8-6-5-7-9-21/h5-9H,10-20H2,1-4H3. The molecule has 3 fully saturated rings. The van der Waals surface area contributed by atoms with Gasteiger partial charge in [0.25, 0.3) is 0 Å². The Morgan fingerprint density at radius 2 is 1.45 bits per heavy atom. The average Bonchev–Trinajstić information content (AvgIpc) is 2.76. The van der Waals surface area contributed by atoms with E-state index >= 15 is 0 Å². The number of likely N-dealkylation sites (tertiary alicyclic amines) is 1. The van der Waals surface area contributed by atoms with Crippen molar-refractivity contribution in [1.29, 1.82) is 0 Å². The van der Waals surface area contributed by atoms with E-state index in [1.165, 1.54) is 12.8 Å². The van der Waals surface area contributed by atoms with E-state index in [1.54, 1.807) is 0 Å². The number of carbonyl (C=O) groups is 2. The summed E-state index contributed by atoms with van der Waals surface area (Å²) < 4.78 is 11.0. The highest BCUT2D eigenvalue weighted by atomic mass is 16.6. The monoisotopic (exact) mass is 457 g/mol. The molecule has 0 atom stereocenters. The molecule has 2 aliphatic heterocycles. The number of hydrogen-bond acceptors (Lipinski definition) is 5. The first-order valence-corrected chi connectivity index (χ1v) is 12.3. The normalized spacial score (nSPS) is 22.5. The summed E-state index contributed by atoms with van der Waals surface area (Å²) in [5.74, 6) is 0. The lowest BCUT2D eigenvalue weighted by Crippen LogP contribution is -2.66. The number of piperazine rings is 1. The molecule has 0 bridgehead atoms. The topological polar surface area (TPSA) is 62.3 Å². The molecule has 7 heteroatoms. The first-order chi connectivity index (χ1) is 15.6. The Morgan fingerprint density at radius 3 is 2.03 bits per heavy atom. The SMILES string of the molecule is CC(C)(C)OC(=O)N1CCC2(CC1)CC(C)(N1CCN(C(=O)OCc3ccccc3)CC1)C2. The molecule has 4 rings (SSSR count). The minimum Gasteiger partial charge on any atom is -0.445 e. The Morgan fingerprint density at radius 1 is 0.879 bits per heavy atom. The molecule has 0 aromatic heterocycles. The summed E-state index contributed by atoms with van der Waals surface area (Å²) in [6.07, 6.45) is 4.03. The molecule has 1 saturated carbocycles. The van der Waals surface area contributed by atoms with Crippen LogP contribution in [0.15, 0.2) is 30.3 Å². The number of piperidine rings is 1. The molecule has 2 heterocycles. The van der Waals surface area contributed by atoms with Crippen molar-refractivity contribution >= 4 is 12.2 Å². The summed E-state index contributed by atoms with van der Waals surface area (Å²) in [4.78, 5) is 31.1. The van der Waals surface area contributed by atoms with Gasteiger partial charge in [-0.2, -0.15) is 0 Å². The Balaban J connectivity index is 1.20. The fraction of sp³-hybridized carbons (Fsp3) is 0.692. The molecule has 2 amide bonds. The number of carbonyl (C=O) groups excluding carboxylic acids is 2. The molecule has 2 saturated heterocycles. The number of amides is 2. The van der Waals surface area contributed by atoms with Crippen LogP contribution in [0.25, 0.3) is 0 Å². The smallest absolute Gasteiger partial charge is 0.410 e. The van der Waals surface area contributed by atoms with Crippen molar-refractivity contribution in [3.05, 3.63) is 35.9 Å². The lowest BCUT2D eigenvalue weighted by atomic mass is 9.53. The minimum atomic E-state index is -0.447. The quantitative estimate of drug-likeness (QED) is 0.668. The molecule has 182 valence electrons. The van der Waals surface area contributed by atoms with Gasteiger partial charge in [-0.1, -0.05) is 30.3 Å². The maximum Gasteiger partial charge on any atom is 0.410 e. The van der Waals surface area contributed by atoms with Crippen LogP contribution in [0.4, 0.5) is 9.59 Å². The van der Waals surface area contributed by atoms with Gasteiger partial charge in [-0.15, -0.1) is 0 Å². The Hall–Kier alpha value is -2.28. The van der Waals surface area contributed by atoms with Crippen LogP contribution in [0.2, 0.25) is 0 Å². The molecule has 33 heavy (non-hydrogen) atoms. The third-order valence-corrected chi connectivity index (χ3v) is 7.49. The van der Waals surface area contributed by atoms with Crippen LogP contribution >= 0.6 is 0 Å². The van der Waals surface area contributed by atoms with Crippen LogP contribution < -0.4 is 0 Å². The van der Waals surface area contributed by atoms with Crippen LogP contribution in [0.5, 0.6) is 0 Å². The molecular weight excluding hydrogens is 418 g/mol. The maximum absolute atomic E-state index is 12.5. The van der Waals surface area contributed by atoms with Crippen LogP contribution in [0.3, 0.4) is 0 Å². The van der Waals surface area contributed by atoms with E-state index in [0.29, 0.717) is 25.1 Å². The highest BCUT2D eigenvalue weighted by Crippen LogP contribution is 2.57. The van der Waals surface area contributed by atoms with Gasteiger partial charge in [0.05, 0.1) is 0 Å². The third kappa shape index (κ3) is 5.62. The predicted octanol–water partition coefficient (Wildman–Crippen LogP) is 4.51. The van der Waals surface area contributed by atoms with E-state index in [2.05, 4.69) is 11.8 Å². The zero-order chi connectivity index (χ0) is 23.7. The summed E-state index contributed by atoms with van der Waals surface area (Å²) in [6, 6.07) is 9.80. The largest absolute Gasteiger partial charge is 0.445 e. The van der Waals surface area contributed by atoms with Gasteiger partial charge >= 0.3 is 12.2 Å². The van der Waals surface area contributed by atoms with E-state index in [0.717, 1.165) is 44.6 Å². The lowest BCUT2D eigenvalue weighted by molar-refractivity contribution is -0.112. The van der Waals surface area contributed by atoms with Gasteiger partial charge in [0.2, 0.25) is 0 Å². The van der Waals surface area contributed by atoms with Crippen molar-refractivity contribution in [1.82, 2.24) is 14.7 Å². The van der Waals surface area contributed by atoms with E-state index in [-0.39, 0.29) is 17.7 Å². The van der Waals surface area contributed by atoms with Crippen LogP contribution in [0, 0.1) is 5.41 Å². The first kappa shape index (κ1) is 23.9. The zero-order valence-electron chi connectivity index (χ0n) is 20.6. The van der Waals surface area contributed by atoms with Gasteiger partial charge in [-0.25, -0.2) is 9.59 Å². The molecule has 0 unspecified atom stereocenters. The number of hydrogen-bond donors (Lipinski definition) is 0. The Bertz CT molecular complexity index is 827. The Labute approximate surface area is 198 Å². The lowest BCUT2D eigenvalue weighted by Gasteiger charge is -2.62. The van der Waals surface area contributed by atoms with Gasteiger partial charge in [0.1, 0.15) is 12.2 Å². The number of nitrogens with zero attached hydrogens (tertiary/aromatic N) is 3. The minimum absolute atomic E-state index is 0.185. The number of ether oxygens (including phenoxy) is 2. The highest BCUT2D eigenvalue weighted by molar-refractivity contribution is 5.68. The van der Waals surface area contributed by atoms with Crippen LogP contribution in [-0.2, 0) is 16.1 Å². The van der Waals surface area contributed by atoms with Crippen molar-refractivity contribution in [3.8, 4) is 0 Å². The molecule has 7 nitrogen and oxygen atoms in total. The van der Waals surface area contributed by atoms with Crippen molar-refractivity contribution < 1.29 is 19.1 Å². The van der Waals surface area contributed by atoms with Gasteiger partial charge in [0, 0.05) is 44.8 Å². The predicted molar refractivity (Wildman–Crippen MR) is 127 cm³/mol. The highest BCUT2D eigenvalue weighted by Gasteiger charge is 2.55. The van der Waals surface area contributed by atoms with Crippen molar-refractivity contribution in [2.24, 2.45) is 5.41 Å². The fourth-order valence-corrected chi connectivity index (χ4v) is 5.87. The summed E-state index contributed by atoms with van der Waals surface area (Å²) >= 11 is 0. The third-order valence-electron chi connectivity index (χ3n) is 7.49. The maximum atomic E-state index is 12.5. The molecule has 0 N–H and O–H groups in total. The van der Waals surface area contributed by atoms with Gasteiger partial charge in [-0.3, -0.25) is 4.90 Å². The molecule has 1 spiro atoms. The van der Waals surface area contributed by atoms with Crippen molar-refractivity contribution in [2.45, 2.75) is 71.1 Å². The van der Waals surface area contributed by atoms with Gasteiger partial charge < -0.3 is 19.3 Å². The van der Waals surface area contributed by atoms with Crippen LogP contribution in [-0.4, -0.2) is 77.3 Å². The zero-order valence-corrected chi connectivity index (χ0v) is 20.6. The van der Waals surface area contributed by atoms with E-state index in [1.807, 2.05) is 60.9 Å². The molecule has 1 aromatic carbocycles. The van der Waals surface area contributed by atoms with Crippen LogP contribution in [0.1, 0.15) is 58.9 Å². The fourth-order valence-electron chi connectivity index (χ4n) is 5.87. The number of rotatable bonds is 3. The second-order valence-corrected chi connectivity index (χ2v) is 11.3. The van der Waals surface area contributed by atoms with E-state index < -0.39 is 5.60 Å². The molecule has 3 aliphatic rings. The summed E-state index contributed by atoms with van der Waals surface area (Å²) in [6.45, 7) is 13.2. The van der Waals surface area contributed by atoms with E-state index in [9.17, 15) is 9.59 Å². The average molecular weight is 458 g/mol. The van der Waals surface area contributed by atoms with Crippen molar-refractivity contribution in [2.75, 3.05) is 39.3 Å². The second kappa shape index (κ2) is 9.16. The second-order valence-electron chi connectivity index (χ2n) is 11.3. The van der Waals surface area contributed by atoms with Gasteiger partial charge in [0.15, 0.2) is 0 Å². The Kier molecular flexibility index (Phi) is 6.63. The first-order valence-electron chi connectivity index (χ1n) is 12.3. The summed E-state index contributed by atoms with van der Waals surface area (Å²) in [5, 5.41) is 0. The molecular formula is C26H39N3O4.